The lowest BCUT2D eigenvalue weighted by molar-refractivity contribution is -0.124. The summed E-state index contributed by atoms with van der Waals surface area (Å²) in [5.41, 5.74) is 6.15. The van der Waals surface area contributed by atoms with Crippen molar-refractivity contribution in [3.05, 3.63) is 29.8 Å². The lowest BCUT2D eigenvalue weighted by atomic mass is 9.86. The molecule has 2 amide bonds. The lowest BCUT2D eigenvalue weighted by Gasteiger charge is -2.21. The minimum Gasteiger partial charge on any atom is -0.484 e. The summed E-state index contributed by atoms with van der Waals surface area (Å²) < 4.78 is 5.40. The molecule has 27 heavy (non-hydrogen) atoms. The predicted octanol–water partition coefficient (Wildman–Crippen LogP) is 3.01. The van der Waals surface area contributed by atoms with E-state index in [2.05, 4.69) is 23.1 Å². The number of hydrogen-bond donors (Lipinski definition) is 3. The van der Waals surface area contributed by atoms with Crippen LogP contribution in [-0.2, 0) is 16.0 Å². The van der Waals surface area contributed by atoms with Crippen molar-refractivity contribution in [2.24, 2.45) is 5.92 Å². The standard InChI is InChI=1S/C20H29N3O3S/c1-2-15-8-11-17(12-9-15)26-14-19(25)22-23-20(27)21-18(24)13-10-16-6-4-3-5-7-16/h8-9,11-12,16H,2-7,10,13-14H2,1H3,(H,22,25)(H2,21,23,24,27). The van der Waals surface area contributed by atoms with E-state index in [1.165, 1.54) is 37.7 Å². The van der Waals surface area contributed by atoms with Gasteiger partial charge in [-0.05, 0) is 48.7 Å². The molecule has 0 spiro atoms. The normalized spacial score (nSPS) is 14.3. The van der Waals surface area contributed by atoms with Crippen LogP contribution in [0.15, 0.2) is 24.3 Å². The van der Waals surface area contributed by atoms with E-state index >= 15 is 0 Å². The zero-order valence-corrected chi connectivity index (χ0v) is 16.7. The maximum Gasteiger partial charge on any atom is 0.276 e. The third-order valence-corrected chi connectivity index (χ3v) is 4.98. The molecule has 1 aromatic carbocycles. The fourth-order valence-corrected chi connectivity index (χ4v) is 3.33. The summed E-state index contributed by atoms with van der Waals surface area (Å²) in [7, 11) is 0. The van der Waals surface area contributed by atoms with Crippen molar-refractivity contribution in [3.63, 3.8) is 0 Å². The van der Waals surface area contributed by atoms with Crippen LogP contribution in [0.25, 0.3) is 0 Å². The highest BCUT2D eigenvalue weighted by Gasteiger charge is 2.15. The minimum absolute atomic E-state index is 0.0873. The van der Waals surface area contributed by atoms with E-state index in [1.54, 1.807) is 0 Å². The number of hydrazine groups is 1. The molecular weight excluding hydrogens is 362 g/mol. The second kappa shape index (κ2) is 11.5. The van der Waals surface area contributed by atoms with Crippen molar-refractivity contribution in [1.82, 2.24) is 16.2 Å². The van der Waals surface area contributed by atoms with Gasteiger partial charge in [-0.3, -0.25) is 20.4 Å². The van der Waals surface area contributed by atoms with E-state index in [-0.39, 0.29) is 23.5 Å². The Morgan fingerprint density at radius 2 is 1.78 bits per heavy atom. The number of carbonyl (C=O) groups is 2. The van der Waals surface area contributed by atoms with Gasteiger partial charge in [0.15, 0.2) is 11.7 Å². The first kappa shape index (κ1) is 21.2. The molecule has 1 fully saturated rings. The average molecular weight is 392 g/mol. The van der Waals surface area contributed by atoms with Crippen molar-refractivity contribution < 1.29 is 14.3 Å². The fourth-order valence-electron chi connectivity index (χ4n) is 3.16. The number of thiocarbonyl (C=S) groups is 1. The smallest absolute Gasteiger partial charge is 0.276 e. The number of hydrogen-bond acceptors (Lipinski definition) is 4. The molecule has 1 aliphatic carbocycles. The SMILES string of the molecule is CCc1ccc(OCC(=O)NNC(=S)NC(=O)CCC2CCCCC2)cc1. The van der Waals surface area contributed by atoms with Crippen molar-refractivity contribution in [2.45, 2.75) is 58.3 Å². The van der Waals surface area contributed by atoms with Crippen LogP contribution in [-0.4, -0.2) is 23.5 Å². The van der Waals surface area contributed by atoms with E-state index < -0.39 is 0 Å². The van der Waals surface area contributed by atoms with Gasteiger partial charge in [-0.2, -0.15) is 0 Å². The molecule has 1 aliphatic rings. The van der Waals surface area contributed by atoms with Crippen LogP contribution in [0, 0.1) is 5.92 Å². The van der Waals surface area contributed by atoms with Gasteiger partial charge in [0, 0.05) is 6.42 Å². The molecule has 0 aromatic heterocycles. The summed E-state index contributed by atoms with van der Waals surface area (Å²) >= 11 is 5.03. The molecular formula is C20H29N3O3S. The molecule has 0 atom stereocenters. The molecule has 6 nitrogen and oxygen atoms in total. The van der Waals surface area contributed by atoms with Crippen LogP contribution in [0.5, 0.6) is 5.75 Å². The van der Waals surface area contributed by atoms with Crippen LogP contribution in [0.1, 0.15) is 57.4 Å². The Hall–Kier alpha value is -2.15. The van der Waals surface area contributed by atoms with E-state index in [1.807, 2.05) is 24.3 Å². The summed E-state index contributed by atoms with van der Waals surface area (Å²) in [5, 5.41) is 2.67. The maximum atomic E-state index is 11.9. The Morgan fingerprint density at radius 1 is 1.07 bits per heavy atom. The van der Waals surface area contributed by atoms with Gasteiger partial charge in [-0.15, -0.1) is 0 Å². The number of ether oxygens (including phenoxy) is 1. The first-order valence-corrected chi connectivity index (χ1v) is 10.1. The van der Waals surface area contributed by atoms with Crippen molar-refractivity contribution in [2.75, 3.05) is 6.61 Å². The molecule has 0 saturated heterocycles. The van der Waals surface area contributed by atoms with Crippen molar-refractivity contribution in [3.8, 4) is 5.75 Å². The van der Waals surface area contributed by atoms with Crippen LogP contribution in [0.3, 0.4) is 0 Å². The highest BCUT2D eigenvalue weighted by atomic mass is 32.1. The Labute approximate surface area is 166 Å². The van der Waals surface area contributed by atoms with Crippen LogP contribution in [0.2, 0.25) is 0 Å². The average Bonchev–Trinajstić information content (AvgIpc) is 2.70. The van der Waals surface area contributed by atoms with Gasteiger partial charge in [0.05, 0.1) is 0 Å². The topological polar surface area (TPSA) is 79.5 Å². The lowest BCUT2D eigenvalue weighted by Crippen LogP contribution is -2.49. The third-order valence-electron chi connectivity index (χ3n) is 4.77. The number of carbonyl (C=O) groups excluding carboxylic acids is 2. The molecule has 3 N–H and O–H groups in total. The number of nitrogens with one attached hydrogen (secondary N) is 3. The second-order valence-electron chi connectivity index (χ2n) is 6.88. The van der Waals surface area contributed by atoms with Gasteiger partial charge in [-0.1, -0.05) is 51.2 Å². The maximum absolute atomic E-state index is 11.9. The van der Waals surface area contributed by atoms with Gasteiger partial charge >= 0.3 is 0 Å². The Bertz CT molecular complexity index is 628. The van der Waals surface area contributed by atoms with Gasteiger partial charge < -0.3 is 10.1 Å². The number of amides is 2. The third kappa shape index (κ3) is 8.39. The summed E-state index contributed by atoms with van der Waals surface area (Å²) in [6.45, 7) is 1.93. The Balaban J connectivity index is 1.58. The zero-order chi connectivity index (χ0) is 19.5. The molecule has 7 heteroatoms. The minimum atomic E-state index is -0.381. The number of aryl methyl sites for hydroxylation is 1. The van der Waals surface area contributed by atoms with E-state index in [4.69, 9.17) is 17.0 Å². The van der Waals surface area contributed by atoms with Gasteiger partial charge in [-0.25, -0.2) is 0 Å². The predicted molar refractivity (Wildman–Crippen MR) is 109 cm³/mol. The Morgan fingerprint density at radius 3 is 2.44 bits per heavy atom. The van der Waals surface area contributed by atoms with E-state index in [0.717, 1.165) is 12.8 Å². The molecule has 1 saturated carbocycles. The fraction of sp³-hybridized carbons (Fsp3) is 0.550. The molecule has 2 rings (SSSR count). The van der Waals surface area contributed by atoms with Gasteiger partial charge in [0.1, 0.15) is 5.75 Å². The van der Waals surface area contributed by atoms with Crippen LogP contribution < -0.4 is 20.9 Å². The Kier molecular flexibility index (Phi) is 9.04. The summed E-state index contributed by atoms with van der Waals surface area (Å²) in [4.78, 5) is 23.7. The summed E-state index contributed by atoms with van der Waals surface area (Å²) in [6, 6.07) is 7.58. The second-order valence-corrected chi connectivity index (χ2v) is 7.29. The van der Waals surface area contributed by atoms with Crippen LogP contribution >= 0.6 is 12.2 Å². The molecule has 0 aliphatic heterocycles. The van der Waals surface area contributed by atoms with Gasteiger partial charge in [0.25, 0.3) is 5.91 Å². The zero-order valence-electron chi connectivity index (χ0n) is 15.9. The molecule has 148 valence electrons. The number of rotatable bonds is 7. The first-order valence-electron chi connectivity index (χ1n) is 9.67. The molecule has 0 heterocycles. The monoisotopic (exact) mass is 391 g/mol. The highest BCUT2D eigenvalue weighted by Crippen LogP contribution is 2.27. The molecule has 0 radical (unpaired) electrons. The largest absolute Gasteiger partial charge is 0.484 e. The first-order chi connectivity index (χ1) is 13.1. The molecule has 0 bridgehead atoms. The molecule has 1 aromatic rings. The summed E-state index contributed by atoms with van der Waals surface area (Å²) in [5.74, 6) is 0.767. The highest BCUT2D eigenvalue weighted by molar-refractivity contribution is 7.80. The quantitative estimate of drug-likeness (QED) is 0.492. The molecule has 0 unspecified atom stereocenters. The van der Waals surface area contributed by atoms with E-state index in [0.29, 0.717) is 18.1 Å². The van der Waals surface area contributed by atoms with E-state index in [9.17, 15) is 9.59 Å². The van der Waals surface area contributed by atoms with Crippen LogP contribution in [0.4, 0.5) is 0 Å². The van der Waals surface area contributed by atoms with Crippen molar-refractivity contribution >= 4 is 29.1 Å². The van der Waals surface area contributed by atoms with Crippen molar-refractivity contribution in [1.29, 1.82) is 0 Å². The number of benzene rings is 1. The summed E-state index contributed by atoms with van der Waals surface area (Å²) in [6.07, 6.45) is 8.58. The van der Waals surface area contributed by atoms with Gasteiger partial charge in [0.2, 0.25) is 5.91 Å².